The highest BCUT2D eigenvalue weighted by molar-refractivity contribution is 7.91. The lowest BCUT2D eigenvalue weighted by Gasteiger charge is -2.05. The Morgan fingerprint density at radius 3 is 2.73 bits per heavy atom. The van der Waals surface area contributed by atoms with Gasteiger partial charge in [-0.1, -0.05) is 11.6 Å². The molecule has 1 N–H and O–H groups in total. The molecule has 0 aliphatic rings. The maximum Gasteiger partial charge on any atom is 0.182 e. The quantitative estimate of drug-likeness (QED) is 0.882. The van der Waals surface area contributed by atoms with Crippen LogP contribution in [-0.2, 0) is 9.84 Å². The molecule has 0 bridgehead atoms. The molecule has 84 valence electrons. The summed E-state index contributed by atoms with van der Waals surface area (Å²) in [5.41, 5.74) is 0. The molecule has 1 aromatic carbocycles. The summed E-state index contributed by atoms with van der Waals surface area (Å²) >= 11 is 5.61. The largest absolute Gasteiger partial charge is 0.319 e. The first-order chi connectivity index (χ1) is 6.97. The average Bonchev–Trinajstić information content (AvgIpc) is 2.18. The molecule has 0 amide bonds. The van der Waals surface area contributed by atoms with E-state index in [4.69, 9.17) is 11.6 Å². The van der Waals surface area contributed by atoms with Gasteiger partial charge in [0.15, 0.2) is 9.84 Å². The van der Waals surface area contributed by atoms with Crippen LogP contribution in [0.4, 0.5) is 4.39 Å². The molecule has 0 fully saturated rings. The van der Waals surface area contributed by atoms with Crippen LogP contribution in [0.25, 0.3) is 0 Å². The number of benzene rings is 1. The summed E-state index contributed by atoms with van der Waals surface area (Å²) in [5, 5.41) is 2.90. The molecule has 1 rings (SSSR count). The Hall–Kier alpha value is -0.650. The van der Waals surface area contributed by atoms with Crippen LogP contribution in [0, 0.1) is 5.82 Å². The first kappa shape index (κ1) is 12.4. The van der Waals surface area contributed by atoms with E-state index in [1.165, 1.54) is 6.07 Å². The van der Waals surface area contributed by atoms with E-state index in [0.717, 1.165) is 12.1 Å². The highest BCUT2D eigenvalue weighted by Crippen LogP contribution is 2.20. The van der Waals surface area contributed by atoms with E-state index >= 15 is 0 Å². The van der Waals surface area contributed by atoms with Crippen molar-refractivity contribution >= 4 is 21.4 Å². The molecule has 0 aliphatic carbocycles. The SMILES string of the molecule is CNCCS(=O)(=O)c1cc(Cl)ccc1F. The Kier molecular flexibility index (Phi) is 4.07. The fourth-order valence-corrected chi connectivity index (χ4v) is 2.66. The predicted molar refractivity (Wildman–Crippen MR) is 57.4 cm³/mol. The summed E-state index contributed by atoms with van der Waals surface area (Å²) in [6, 6.07) is 3.49. The third-order valence-electron chi connectivity index (χ3n) is 1.85. The van der Waals surface area contributed by atoms with Crippen LogP contribution in [0.5, 0.6) is 0 Å². The molecular weight excluding hydrogens is 241 g/mol. The third-order valence-corrected chi connectivity index (χ3v) is 3.81. The lowest BCUT2D eigenvalue weighted by molar-refractivity contribution is 0.565. The Bertz CT molecular complexity index is 447. The molecule has 0 heterocycles. The van der Waals surface area contributed by atoms with E-state index in [2.05, 4.69) is 5.32 Å². The van der Waals surface area contributed by atoms with E-state index in [9.17, 15) is 12.8 Å². The number of nitrogens with one attached hydrogen (secondary N) is 1. The minimum atomic E-state index is -3.60. The minimum absolute atomic E-state index is 0.152. The van der Waals surface area contributed by atoms with Crippen molar-refractivity contribution in [2.24, 2.45) is 0 Å². The number of rotatable bonds is 4. The monoisotopic (exact) mass is 251 g/mol. The first-order valence-corrected chi connectivity index (χ1v) is 6.33. The highest BCUT2D eigenvalue weighted by Gasteiger charge is 2.18. The Morgan fingerprint density at radius 1 is 1.47 bits per heavy atom. The van der Waals surface area contributed by atoms with Gasteiger partial charge in [-0.15, -0.1) is 0 Å². The summed E-state index contributed by atoms with van der Waals surface area (Å²) in [7, 11) is -1.97. The molecule has 0 spiro atoms. The molecule has 15 heavy (non-hydrogen) atoms. The van der Waals surface area contributed by atoms with Crippen LogP contribution >= 0.6 is 11.6 Å². The lowest BCUT2D eigenvalue weighted by Crippen LogP contribution is -2.20. The van der Waals surface area contributed by atoms with Crippen LogP contribution in [0.1, 0.15) is 0 Å². The third kappa shape index (κ3) is 3.15. The van der Waals surface area contributed by atoms with E-state index in [-0.39, 0.29) is 22.2 Å². The van der Waals surface area contributed by atoms with Gasteiger partial charge in [-0.3, -0.25) is 0 Å². The minimum Gasteiger partial charge on any atom is -0.319 e. The first-order valence-electron chi connectivity index (χ1n) is 4.30. The van der Waals surface area contributed by atoms with Gasteiger partial charge in [0.05, 0.1) is 5.75 Å². The molecule has 1 aromatic rings. The van der Waals surface area contributed by atoms with Crippen LogP contribution in [0.15, 0.2) is 23.1 Å². The average molecular weight is 252 g/mol. The van der Waals surface area contributed by atoms with Gasteiger partial charge in [0, 0.05) is 11.6 Å². The van der Waals surface area contributed by atoms with Gasteiger partial charge in [-0.2, -0.15) is 0 Å². The van der Waals surface area contributed by atoms with Gasteiger partial charge in [0.25, 0.3) is 0 Å². The smallest absolute Gasteiger partial charge is 0.182 e. The number of hydrogen-bond acceptors (Lipinski definition) is 3. The highest BCUT2D eigenvalue weighted by atomic mass is 35.5. The molecule has 6 heteroatoms. The van der Waals surface area contributed by atoms with Gasteiger partial charge in [0.1, 0.15) is 10.7 Å². The lowest BCUT2D eigenvalue weighted by atomic mass is 10.3. The van der Waals surface area contributed by atoms with Crippen molar-refractivity contribution in [3.05, 3.63) is 29.0 Å². The normalized spacial score (nSPS) is 11.7. The Labute approximate surface area is 93.2 Å². The predicted octanol–water partition coefficient (Wildman–Crippen LogP) is 1.47. The van der Waals surface area contributed by atoms with Crippen LogP contribution in [-0.4, -0.2) is 27.8 Å². The maximum atomic E-state index is 13.2. The molecule has 0 saturated heterocycles. The van der Waals surface area contributed by atoms with Crippen molar-refractivity contribution in [3.63, 3.8) is 0 Å². The number of halogens is 2. The summed E-state index contributed by atoms with van der Waals surface area (Å²) in [5.74, 6) is -0.920. The molecule has 0 saturated carbocycles. The zero-order chi connectivity index (χ0) is 11.5. The van der Waals surface area contributed by atoms with Crippen molar-refractivity contribution in [2.75, 3.05) is 19.3 Å². The zero-order valence-corrected chi connectivity index (χ0v) is 9.70. The molecular formula is C9H11ClFNO2S. The molecule has 0 aromatic heterocycles. The van der Waals surface area contributed by atoms with Crippen LogP contribution in [0.2, 0.25) is 5.02 Å². The fourth-order valence-electron chi connectivity index (χ4n) is 1.06. The standard InChI is InChI=1S/C9H11ClFNO2S/c1-12-4-5-15(13,14)9-6-7(10)2-3-8(9)11/h2-3,6,12H,4-5H2,1H3. The molecule has 3 nitrogen and oxygen atoms in total. The van der Waals surface area contributed by atoms with Crippen molar-refractivity contribution in [2.45, 2.75) is 4.90 Å². The van der Waals surface area contributed by atoms with E-state index in [1.54, 1.807) is 7.05 Å². The van der Waals surface area contributed by atoms with Gasteiger partial charge in [-0.05, 0) is 25.2 Å². The summed E-state index contributed by atoms with van der Waals surface area (Å²) in [6.07, 6.45) is 0. The zero-order valence-electron chi connectivity index (χ0n) is 8.13. The van der Waals surface area contributed by atoms with Crippen molar-refractivity contribution in [1.82, 2.24) is 5.32 Å². The second kappa shape index (κ2) is 4.92. The van der Waals surface area contributed by atoms with Crippen molar-refractivity contribution in [1.29, 1.82) is 0 Å². The molecule has 0 atom stereocenters. The van der Waals surface area contributed by atoms with Gasteiger partial charge in [0.2, 0.25) is 0 Å². The van der Waals surface area contributed by atoms with Crippen molar-refractivity contribution < 1.29 is 12.8 Å². The van der Waals surface area contributed by atoms with Gasteiger partial charge in [-0.25, -0.2) is 12.8 Å². The summed E-state index contributed by atoms with van der Waals surface area (Å²) in [4.78, 5) is -0.342. The maximum absolute atomic E-state index is 13.2. The molecule has 0 aliphatic heterocycles. The Balaban J connectivity index is 3.09. The van der Waals surface area contributed by atoms with Crippen molar-refractivity contribution in [3.8, 4) is 0 Å². The number of hydrogen-bond donors (Lipinski definition) is 1. The summed E-state index contributed by atoms with van der Waals surface area (Å²) < 4.78 is 36.5. The Morgan fingerprint density at radius 2 is 2.13 bits per heavy atom. The molecule has 0 unspecified atom stereocenters. The van der Waals surface area contributed by atoms with Gasteiger partial charge < -0.3 is 5.32 Å². The fraction of sp³-hybridized carbons (Fsp3) is 0.333. The van der Waals surface area contributed by atoms with E-state index < -0.39 is 15.7 Å². The molecule has 0 radical (unpaired) electrons. The topological polar surface area (TPSA) is 46.2 Å². The van der Waals surface area contributed by atoms with E-state index in [1.807, 2.05) is 0 Å². The van der Waals surface area contributed by atoms with Crippen LogP contribution < -0.4 is 5.32 Å². The summed E-state index contributed by atoms with van der Waals surface area (Å²) in [6.45, 7) is 0.272. The second-order valence-corrected chi connectivity index (χ2v) is 5.51. The van der Waals surface area contributed by atoms with Gasteiger partial charge >= 0.3 is 0 Å². The second-order valence-electron chi connectivity index (χ2n) is 3.00. The van der Waals surface area contributed by atoms with E-state index in [0.29, 0.717) is 0 Å². The van der Waals surface area contributed by atoms with Crippen LogP contribution in [0.3, 0.4) is 0 Å². The number of sulfone groups is 1.